The van der Waals surface area contributed by atoms with E-state index in [1.165, 1.54) is 0 Å². The number of halogens is 1. The highest BCUT2D eigenvalue weighted by Gasteiger charge is 2.64. The minimum atomic E-state index is -3.65. The van der Waals surface area contributed by atoms with E-state index >= 15 is 0 Å². The van der Waals surface area contributed by atoms with Gasteiger partial charge in [0.2, 0.25) is 10.0 Å². The predicted molar refractivity (Wildman–Crippen MR) is 99.9 cm³/mol. The summed E-state index contributed by atoms with van der Waals surface area (Å²) in [4.78, 5) is 15.1. The molecule has 0 aromatic heterocycles. The Bertz CT molecular complexity index is 887. The lowest BCUT2D eigenvalue weighted by atomic mass is 9.81. The number of carbonyl (C=O) groups is 1. The zero-order valence-electron chi connectivity index (χ0n) is 14.0. The molecule has 3 fully saturated rings. The summed E-state index contributed by atoms with van der Waals surface area (Å²) in [5.74, 6) is 0.0479. The lowest BCUT2D eigenvalue weighted by Gasteiger charge is -2.32. The molecule has 4 rings (SSSR count). The summed E-state index contributed by atoms with van der Waals surface area (Å²) in [5, 5.41) is 3.76. The van der Waals surface area contributed by atoms with Crippen LogP contribution in [0.2, 0.25) is 0 Å². The Morgan fingerprint density at radius 3 is 2.77 bits per heavy atom. The second kappa shape index (κ2) is 6.25. The number of hydrogen-bond acceptors (Lipinski definition) is 4. The topological polar surface area (TPSA) is 103 Å². The number of azide groups is 1. The molecule has 1 saturated heterocycles. The molecule has 26 heavy (non-hydrogen) atoms. The van der Waals surface area contributed by atoms with Gasteiger partial charge in [0.25, 0.3) is 5.91 Å². The Balaban J connectivity index is 1.67. The summed E-state index contributed by atoms with van der Waals surface area (Å²) >= 11 is 3.34. The third kappa shape index (κ3) is 2.64. The van der Waals surface area contributed by atoms with Crippen LogP contribution in [-0.2, 0) is 14.8 Å². The minimum absolute atomic E-state index is 0.0597. The van der Waals surface area contributed by atoms with Crippen molar-refractivity contribution in [2.24, 2.45) is 16.4 Å². The van der Waals surface area contributed by atoms with Crippen LogP contribution in [0.15, 0.2) is 35.4 Å². The van der Waals surface area contributed by atoms with Gasteiger partial charge in [0, 0.05) is 10.3 Å². The van der Waals surface area contributed by atoms with Crippen molar-refractivity contribution in [2.75, 3.05) is 5.75 Å². The monoisotopic (exact) mass is 438 g/mol. The molecular weight excluding hydrogens is 420 g/mol. The molecule has 3 unspecified atom stereocenters. The Morgan fingerprint density at radius 1 is 1.38 bits per heavy atom. The maximum atomic E-state index is 13.2. The fraction of sp³-hybridized carbons (Fsp3) is 0.588. The number of fused-ring (bicyclic) bond motifs is 1. The molecule has 5 atom stereocenters. The molecule has 0 radical (unpaired) electrons. The third-order valence-corrected chi connectivity index (χ3v) is 8.98. The number of rotatable bonds is 4. The highest BCUT2D eigenvalue weighted by molar-refractivity contribution is 9.10. The molecule has 1 heterocycles. The number of alkyl halides is 1. The summed E-state index contributed by atoms with van der Waals surface area (Å²) in [5.41, 5.74) is 9.32. The molecule has 7 nitrogen and oxygen atoms in total. The normalized spacial score (nSPS) is 33.3. The van der Waals surface area contributed by atoms with E-state index in [1.807, 2.05) is 6.07 Å². The van der Waals surface area contributed by atoms with Gasteiger partial charge in [-0.3, -0.25) is 4.79 Å². The molecule has 1 aromatic carbocycles. The fourth-order valence-electron chi connectivity index (χ4n) is 5.09. The minimum Gasteiger partial charge on any atom is -0.272 e. The van der Waals surface area contributed by atoms with Gasteiger partial charge in [0.05, 0.1) is 17.8 Å². The Kier molecular flexibility index (Phi) is 4.28. The molecule has 9 heteroatoms. The maximum Gasteiger partial charge on any atom is 0.250 e. The van der Waals surface area contributed by atoms with E-state index in [0.29, 0.717) is 11.5 Å². The van der Waals surface area contributed by atoms with Crippen molar-refractivity contribution in [1.29, 1.82) is 0 Å². The molecule has 1 aliphatic heterocycles. The number of amides is 1. The zero-order chi connectivity index (χ0) is 18.5. The zero-order valence-corrected chi connectivity index (χ0v) is 16.4. The average molecular weight is 439 g/mol. The Morgan fingerprint density at radius 2 is 2.12 bits per heavy atom. The van der Waals surface area contributed by atoms with E-state index in [-0.39, 0.29) is 17.2 Å². The Labute approximate surface area is 160 Å². The summed E-state index contributed by atoms with van der Waals surface area (Å²) in [7, 11) is -3.65. The second-order valence-corrected chi connectivity index (χ2v) is 10.4. The van der Waals surface area contributed by atoms with Gasteiger partial charge in [0.15, 0.2) is 0 Å². The summed E-state index contributed by atoms with van der Waals surface area (Å²) < 4.78 is 26.7. The van der Waals surface area contributed by atoms with Crippen LogP contribution in [0.25, 0.3) is 10.4 Å². The predicted octanol–water partition coefficient (Wildman–Crippen LogP) is 3.53. The van der Waals surface area contributed by atoms with Crippen molar-refractivity contribution in [3.63, 3.8) is 0 Å². The van der Waals surface area contributed by atoms with Gasteiger partial charge in [-0.15, -0.1) is 0 Å². The molecule has 1 amide bonds. The molecule has 2 bridgehead atoms. The standard InChI is InChI=1S/C17H19BrN4O3S/c18-14(15(20-21-19)12-4-2-1-3-5-12)16(23)22-13-8-11-6-7-17(13,9-11)10-26(22,24)25/h1-5,11,13-15H,6-10H2/t11?,13?,14-,15-,17?/m0/s1. The molecule has 3 aliphatic rings. The van der Waals surface area contributed by atoms with Crippen LogP contribution in [0.1, 0.15) is 37.3 Å². The van der Waals surface area contributed by atoms with Crippen LogP contribution < -0.4 is 0 Å². The van der Waals surface area contributed by atoms with Gasteiger partial charge in [-0.25, -0.2) is 12.7 Å². The van der Waals surface area contributed by atoms with Gasteiger partial charge < -0.3 is 0 Å². The highest BCUT2D eigenvalue weighted by Crippen LogP contribution is 2.60. The van der Waals surface area contributed by atoms with Crippen molar-refractivity contribution in [1.82, 2.24) is 4.31 Å². The van der Waals surface area contributed by atoms with Gasteiger partial charge in [-0.05, 0) is 42.7 Å². The number of sulfonamides is 1. The Hall–Kier alpha value is -1.57. The molecule has 1 aromatic rings. The number of carbonyl (C=O) groups excluding carboxylic acids is 1. The second-order valence-electron chi connectivity index (χ2n) is 7.58. The molecule has 1 spiro atoms. The van der Waals surface area contributed by atoms with Crippen molar-refractivity contribution in [3.05, 3.63) is 46.3 Å². The molecule has 138 valence electrons. The molecule has 2 saturated carbocycles. The average Bonchev–Trinajstić information content (AvgIpc) is 3.22. The van der Waals surface area contributed by atoms with Crippen LogP contribution in [0, 0.1) is 11.3 Å². The number of benzene rings is 1. The first-order valence-electron chi connectivity index (χ1n) is 8.67. The van der Waals surface area contributed by atoms with Gasteiger partial charge in [-0.2, -0.15) is 0 Å². The van der Waals surface area contributed by atoms with E-state index in [2.05, 4.69) is 26.0 Å². The largest absolute Gasteiger partial charge is 0.272 e. The maximum absolute atomic E-state index is 13.2. The van der Waals surface area contributed by atoms with Crippen LogP contribution in [-0.4, -0.2) is 35.3 Å². The van der Waals surface area contributed by atoms with Crippen molar-refractivity contribution in [3.8, 4) is 0 Å². The first kappa shape index (κ1) is 17.8. The lowest BCUT2D eigenvalue weighted by molar-refractivity contribution is -0.128. The first-order valence-corrected chi connectivity index (χ1v) is 11.2. The molecule has 0 N–H and O–H groups in total. The number of hydrogen-bond donors (Lipinski definition) is 0. The van der Waals surface area contributed by atoms with Crippen LogP contribution in [0.4, 0.5) is 0 Å². The summed E-state index contributed by atoms with van der Waals surface area (Å²) in [6.07, 6.45) is 3.57. The van der Waals surface area contributed by atoms with Crippen molar-refractivity contribution < 1.29 is 13.2 Å². The SMILES string of the molecule is [N-]=[N+]=N[C@@H](c1ccccc1)[C@H](Br)C(=O)N1C2CC3CCC2(C3)CS1(=O)=O. The van der Waals surface area contributed by atoms with E-state index in [0.717, 1.165) is 30.0 Å². The van der Waals surface area contributed by atoms with Gasteiger partial charge >= 0.3 is 0 Å². The summed E-state index contributed by atoms with van der Waals surface area (Å²) in [6, 6.07) is 7.87. The van der Waals surface area contributed by atoms with E-state index < -0.39 is 26.8 Å². The van der Waals surface area contributed by atoms with E-state index in [9.17, 15) is 13.2 Å². The summed E-state index contributed by atoms with van der Waals surface area (Å²) in [6.45, 7) is 0. The van der Waals surface area contributed by atoms with Crippen LogP contribution in [0.3, 0.4) is 0 Å². The number of nitrogens with zero attached hydrogens (tertiary/aromatic N) is 4. The van der Waals surface area contributed by atoms with Crippen molar-refractivity contribution in [2.45, 2.75) is 42.6 Å². The molecule has 2 aliphatic carbocycles. The van der Waals surface area contributed by atoms with Crippen molar-refractivity contribution >= 4 is 31.9 Å². The quantitative estimate of drug-likeness (QED) is 0.310. The van der Waals surface area contributed by atoms with E-state index in [1.54, 1.807) is 24.3 Å². The first-order chi connectivity index (χ1) is 12.4. The van der Waals surface area contributed by atoms with E-state index in [4.69, 9.17) is 5.53 Å². The van der Waals surface area contributed by atoms with Gasteiger partial charge in [0.1, 0.15) is 4.83 Å². The van der Waals surface area contributed by atoms with Crippen LogP contribution in [0.5, 0.6) is 0 Å². The molecular formula is C17H19BrN4O3S. The highest BCUT2D eigenvalue weighted by atomic mass is 79.9. The van der Waals surface area contributed by atoms with Crippen LogP contribution >= 0.6 is 15.9 Å². The third-order valence-electron chi connectivity index (χ3n) is 6.11. The fourth-order valence-corrected chi connectivity index (χ4v) is 8.26. The van der Waals surface area contributed by atoms with Gasteiger partial charge in [-0.1, -0.05) is 51.4 Å². The smallest absolute Gasteiger partial charge is 0.250 e. The lowest BCUT2D eigenvalue weighted by Crippen LogP contribution is -2.46.